The fourth-order valence-electron chi connectivity index (χ4n) is 2.98. The van der Waals surface area contributed by atoms with Crippen molar-refractivity contribution in [3.63, 3.8) is 0 Å². The normalized spacial score (nSPS) is 11.9. The minimum Gasteiger partial charge on any atom is -0.361 e. The average molecular weight is 335 g/mol. The summed E-state index contributed by atoms with van der Waals surface area (Å²) in [4.78, 5) is 29.4. The molecule has 3 aromatic rings. The number of aromatic amines is 1. The van der Waals surface area contributed by atoms with Crippen LogP contribution in [0.25, 0.3) is 10.9 Å². The van der Waals surface area contributed by atoms with E-state index in [0.29, 0.717) is 6.42 Å². The molecule has 1 aromatic heterocycles. The van der Waals surface area contributed by atoms with Gasteiger partial charge in [0.2, 0.25) is 11.8 Å². The number of para-hydroxylation sites is 2. The highest BCUT2D eigenvalue weighted by Crippen LogP contribution is 2.20. The third-order valence-corrected chi connectivity index (χ3v) is 4.25. The van der Waals surface area contributed by atoms with Crippen LogP contribution in [-0.2, 0) is 16.0 Å². The lowest BCUT2D eigenvalue weighted by molar-refractivity contribution is -0.126. The molecule has 1 atom stereocenters. The second-order valence-electron chi connectivity index (χ2n) is 6.05. The molecule has 2 amide bonds. The predicted octanol–water partition coefficient (Wildman–Crippen LogP) is 2.88. The molecule has 0 aliphatic rings. The molecular weight excluding hydrogens is 314 g/mol. The summed E-state index contributed by atoms with van der Waals surface area (Å²) in [6.45, 7) is 1.43. The first kappa shape index (κ1) is 16.8. The molecule has 0 saturated carbocycles. The van der Waals surface area contributed by atoms with Crippen molar-refractivity contribution in [2.75, 3.05) is 11.9 Å². The lowest BCUT2D eigenvalue weighted by atomic mass is 10.0. The fraction of sp³-hybridized carbons (Fsp3) is 0.200. The van der Waals surface area contributed by atoms with Crippen LogP contribution in [-0.4, -0.2) is 29.9 Å². The van der Waals surface area contributed by atoms with E-state index >= 15 is 0 Å². The number of likely N-dealkylation sites (N-methyl/N-ethyl adjacent to an activating group) is 1. The molecule has 0 aliphatic carbocycles. The molecule has 0 fully saturated rings. The van der Waals surface area contributed by atoms with Crippen LogP contribution in [0.5, 0.6) is 0 Å². The topological polar surface area (TPSA) is 65.2 Å². The SMILES string of the molecule is CC(=O)N[C@H](Cc1c[nH]c2ccccc12)C(=O)N(C)c1ccccc1. The van der Waals surface area contributed by atoms with E-state index in [0.717, 1.165) is 22.2 Å². The zero-order valence-electron chi connectivity index (χ0n) is 14.3. The van der Waals surface area contributed by atoms with Gasteiger partial charge in [-0.15, -0.1) is 0 Å². The van der Waals surface area contributed by atoms with Gasteiger partial charge in [-0.05, 0) is 23.8 Å². The Morgan fingerprint density at radius 3 is 2.48 bits per heavy atom. The van der Waals surface area contributed by atoms with Gasteiger partial charge in [-0.3, -0.25) is 9.59 Å². The molecule has 3 rings (SSSR count). The number of H-pyrrole nitrogens is 1. The molecule has 128 valence electrons. The number of benzene rings is 2. The molecule has 2 N–H and O–H groups in total. The van der Waals surface area contributed by atoms with Crippen molar-refractivity contribution < 1.29 is 9.59 Å². The van der Waals surface area contributed by atoms with E-state index in [1.54, 1.807) is 11.9 Å². The zero-order valence-corrected chi connectivity index (χ0v) is 14.3. The highest BCUT2D eigenvalue weighted by atomic mass is 16.2. The van der Waals surface area contributed by atoms with Gasteiger partial charge in [0.25, 0.3) is 0 Å². The van der Waals surface area contributed by atoms with Crippen LogP contribution in [0.2, 0.25) is 0 Å². The molecule has 5 nitrogen and oxygen atoms in total. The second kappa shape index (κ2) is 7.21. The molecule has 0 unspecified atom stereocenters. The van der Waals surface area contributed by atoms with E-state index in [1.165, 1.54) is 6.92 Å². The van der Waals surface area contributed by atoms with Crippen LogP contribution in [0.15, 0.2) is 60.8 Å². The van der Waals surface area contributed by atoms with E-state index in [9.17, 15) is 9.59 Å². The molecule has 0 radical (unpaired) electrons. The van der Waals surface area contributed by atoms with Crippen LogP contribution in [0.1, 0.15) is 12.5 Å². The summed E-state index contributed by atoms with van der Waals surface area (Å²) in [5.41, 5.74) is 2.81. The van der Waals surface area contributed by atoms with Gasteiger partial charge in [0.15, 0.2) is 0 Å². The van der Waals surface area contributed by atoms with Crippen LogP contribution in [0, 0.1) is 0 Å². The Morgan fingerprint density at radius 2 is 1.76 bits per heavy atom. The summed E-state index contributed by atoms with van der Waals surface area (Å²) in [6, 6.07) is 16.7. The largest absolute Gasteiger partial charge is 0.361 e. The summed E-state index contributed by atoms with van der Waals surface area (Å²) in [5, 5.41) is 3.85. The van der Waals surface area contributed by atoms with Crippen molar-refractivity contribution >= 4 is 28.4 Å². The highest BCUT2D eigenvalue weighted by Gasteiger charge is 2.25. The summed E-state index contributed by atoms with van der Waals surface area (Å²) >= 11 is 0. The Labute approximate surface area is 146 Å². The number of nitrogens with one attached hydrogen (secondary N) is 2. The minimum absolute atomic E-state index is 0.147. The first-order chi connectivity index (χ1) is 12.1. The molecule has 5 heteroatoms. The van der Waals surface area contributed by atoms with Gasteiger partial charge in [0.05, 0.1) is 0 Å². The van der Waals surface area contributed by atoms with Gasteiger partial charge in [-0.2, -0.15) is 0 Å². The number of hydrogen-bond acceptors (Lipinski definition) is 2. The predicted molar refractivity (Wildman–Crippen MR) is 99.5 cm³/mol. The van der Waals surface area contributed by atoms with Gasteiger partial charge in [-0.1, -0.05) is 36.4 Å². The number of amides is 2. The van der Waals surface area contributed by atoms with Crippen LogP contribution >= 0.6 is 0 Å². The third kappa shape index (κ3) is 3.71. The Balaban J connectivity index is 1.86. The van der Waals surface area contributed by atoms with Gasteiger partial charge < -0.3 is 15.2 Å². The van der Waals surface area contributed by atoms with E-state index in [2.05, 4.69) is 10.3 Å². The lowest BCUT2D eigenvalue weighted by Crippen LogP contribution is -2.48. The highest BCUT2D eigenvalue weighted by molar-refractivity contribution is 5.99. The van der Waals surface area contributed by atoms with Crippen molar-refractivity contribution in [2.24, 2.45) is 0 Å². The van der Waals surface area contributed by atoms with Crippen molar-refractivity contribution in [1.29, 1.82) is 0 Å². The van der Waals surface area contributed by atoms with Crippen molar-refractivity contribution in [2.45, 2.75) is 19.4 Å². The molecule has 0 aliphatic heterocycles. The Kier molecular flexibility index (Phi) is 4.84. The molecule has 0 saturated heterocycles. The molecular formula is C20H21N3O2. The van der Waals surface area contributed by atoms with E-state index in [4.69, 9.17) is 0 Å². The second-order valence-corrected chi connectivity index (χ2v) is 6.05. The van der Waals surface area contributed by atoms with Gasteiger partial charge >= 0.3 is 0 Å². The maximum absolute atomic E-state index is 12.9. The lowest BCUT2D eigenvalue weighted by Gasteiger charge is -2.24. The quantitative estimate of drug-likeness (QED) is 0.753. The number of nitrogens with zero attached hydrogens (tertiary/aromatic N) is 1. The first-order valence-electron chi connectivity index (χ1n) is 8.21. The van der Waals surface area contributed by atoms with Crippen LogP contribution < -0.4 is 10.2 Å². The molecule has 25 heavy (non-hydrogen) atoms. The van der Waals surface area contributed by atoms with Gasteiger partial charge in [0.1, 0.15) is 6.04 Å². The average Bonchev–Trinajstić information content (AvgIpc) is 3.03. The number of carbonyl (C=O) groups is 2. The van der Waals surface area contributed by atoms with Crippen molar-refractivity contribution in [1.82, 2.24) is 10.3 Å². The van der Waals surface area contributed by atoms with Gasteiger partial charge in [-0.25, -0.2) is 0 Å². The summed E-state index contributed by atoms with van der Waals surface area (Å²) in [5.74, 6) is -0.369. The Hall–Kier alpha value is -3.08. The van der Waals surface area contributed by atoms with Gasteiger partial charge in [0, 0.05) is 43.2 Å². The van der Waals surface area contributed by atoms with E-state index in [1.807, 2.05) is 60.8 Å². The number of anilines is 1. The maximum Gasteiger partial charge on any atom is 0.249 e. The Bertz CT molecular complexity index is 886. The third-order valence-electron chi connectivity index (χ3n) is 4.25. The number of hydrogen-bond donors (Lipinski definition) is 2. The number of carbonyl (C=O) groups excluding carboxylic acids is 2. The number of rotatable bonds is 5. The molecule has 0 bridgehead atoms. The zero-order chi connectivity index (χ0) is 17.8. The number of fused-ring (bicyclic) bond motifs is 1. The summed E-state index contributed by atoms with van der Waals surface area (Å²) in [7, 11) is 1.72. The first-order valence-corrected chi connectivity index (χ1v) is 8.21. The van der Waals surface area contributed by atoms with Crippen LogP contribution in [0.3, 0.4) is 0 Å². The molecule has 2 aromatic carbocycles. The van der Waals surface area contributed by atoms with Crippen molar-refractivity contribution in [3.8, 4) is 0 Å². The summed E-state index contributed by atoms with van der Waals surface area (Å²) < 4.78 is 0. The fourth-order valence-corrected chi connectivity index (χ4v) is 2.98. The molecule has 1 heterocycles. The maximum atomic E-state index is 12.9. The smallest absolute Gasteiger partial charge is 0.249 e. The summed E-state index contributed by atoms with van der Waals surface area (Å²) in [6.07, 6.45) is 2.33. The monoisotopic (exact) mass is 335 g/mol. The number of aromatic nitrogens is 1. The van der Waals surface area contributed by atoms with Crippen molar-refractivity contribution in [3.05, 3.63) is 66.4 Å². The minimum atomic E-state index is -0.623. The molecule has 0 spiro atoms. The van der Waals surface area contributed by atoms with E-state index < -0.39 is 6.04 Å². The standard InChI is InChI=1S/C20H21N3O2/c1-14(24)22-19(20(25)23(2)16-8-4-3-5-9-16)12-15-13-21-18-11-7-6-10-17(15)18/h3-11,13,19,21H,12H2,1-2H3,(H,22,24)/t19-/m1/s1. The van der Waals surface area contributed by atoms with E-state index in [-0.39, 0.29) is 11.8 Å². The van der Waals surface area contributed by atoms with Crippen LogP contribution in [0.4, 0.5) is 5.69 Å². The Morgan fingerprint density at radius 1 is 1.08 bits per heavy atom.